The highest BCUT2D eigenvalue weighted by Crippen LogP contribution is 2.24. The van der Waals surface area contributed by atoms with Crippen LogP contribution in [0, 0.1) is 0 Å². The summed E-state index contributed by atoms with van der Waals surface area (Å²) in [6, 6.07) is 17.7. The summed E-state index contributed by atoms with van der Waals surface area (Å²) < 4.78 is 0. The van der Waals surface area contributed by atoms with E-state index >= 15 is 0 Å². The molecule has 0 saturated carbocycles. The summed E-state index contributed by atoms with van der Waals surface area (Å²) in [7, 11) is 0. The van der Waals surface area contributed by atoms with Crippen LogP contribution in [-0.4, -0.2) is 41.9 Å². The Morgan fingerprint density at radius 1 is 0.966 bits per heavy atom. The molecule has 1 heterocycles. The van der Waals surface area contributed by atoms with Gasteiger partial charge in [0.1, 0.15) is 0 Å². The van der Waals surface area contributed by atoms with Crippen molar-refractivity contribution < 1.29 is 9.59 Å². The summed E-state index contributed by atoms with van der Waals surface area (Å²) in [6.07, 6.45) is 2.09. The number of hydrogen-bond acceptors (Lipinski definition) is 3. The van der Waals surface area contributed by atoms with E-state index in [4.69, 9.17) is 0 Å². The molecule has 0 atom stereocenters. The standard InChI is InChI=1S/C24H31N3O2/c1-24(2,27-16-14-19-9-6-7-12-21(19)17-27)18-26-22(28)13-8-15-25-23(29)20-10-4-3-5-11-20/h3-7,9-12H,8,13-18H2,1-2H3,(H,25,29)(H,26,28). The van der Waals surface area contributed by atoms with Crippen molar-refractivity contribution >= 4 is 11.8 Å². The molecular formula is C24H31N3O2. The minimum absolute atomic E-state index is 0.0319. The SMILES string of the molecule is CC(C)(CNC(=O)CCCNC(=O)c1ccccc1)N1CCc2ccccc2C1. The van der Waals surface area contributed by atoms with Gasteiger partial charge in [-0.15, -0.1) is 0 Å². The first-order chi connectivity index (χ1) is 14.0. The summed E-state index contributed by atoms with van der Waals surface area (Å²) in [5.74, 6) is -0.0676. The van der Waals surface area contributed by atoms with Crippen LogP contribution in [-0.2, 0) is 17.8 Å². The molecule has 154 valence electrons. The Labute approximate surface area is 173 Å². The van der Waals surface area contributed by atoms with Crippen LogP contribution in [0.5, 0.6) is 0 Å². The van der Waals surface area contributed by atoms with Gasteiger partial charge in [0.15, 0.2) is 0 Å². The smallest absolute Gasteiger partial charge is 0.251 e. The van der Waals surface area contributed by atoms with E-state index in [1.54, 1.807) is 12.1 Å². The van der Waals surface area contributed by atoms with Crippen LogP contribution in [0.1, 0.15) is 48.2 Å². The molecule has 1 aliphatic heterocycles. The highest BCUT2D eigenvalue weighted by Gasteiger charge is 2.29. The molecule has 0 unspecified atom stereocenters. The number of hydrogen-bond donors (Lipinski definition) is 2. The lowest BCUT2D eigenvalue weighted by Gasteiger charge is -2.41. The molecule has 5 nitrogen and oxygen atoms in total. The predicted octanol–water partition coefficient (Wildman–Crippen LogP) is 3.15. The third-order valence-corrected chi connectivity index (χ3v) is 5.61. The van der Waals surface area contributed by atoms with Crippen LogP contribution in [0.4, 0.5) is 0 Å². The summed E-state index contributed by atoms with van der Waals surface area (Å²) in [6.45, 7) is 7.40. The monoisotopic (exact) mass is 393 g/mol. The summed E-state index contributed by atoms with van der Waals surface area (Å²) in [4.78, 5) is 26.7. The van der Waals surface area contributed by atoms with E-state index in [-0.39, 0.29) is 17.4 Å². The van der Waals surface area contributed by atoms with Crippen LogP contribution in [0.3, 0.4) is 0 Å². The van der Waals surface area contributed by atoms with Crippen molar-refractivity contribution in [3.63, 3.8) is 0 Å². The van der Waals surface area contributed by atoms with Crippen LogP contribution >= 0.6 is 0 Å². The first-order valence-corrected chi connectivity index (χ1v) is 10.4. The van der Waals surface area contributed by atoms with E-state index in [2.05, 4.69) is 53.6 Å². The van der Waals surface area contributed by atoms with E-state index in [0.29, 0.717) is 31.5 Å². The maximum atomic E-state index is 12.2. The predicted molar refractivity (Wildman–Crippen MR) is 116 cm³/mol. The zero-order chi connectivity index (χ0) is 20.7. The number of nitrogens with one attached hydrogen (secondary N) is 2. The molecule has 1 aliphatic rings. The molecule has 2 N–H and O–H groups in total. The van der Waals surface area contributed by atoms with Gasteiger partial charge in [-0.1, -0.05) is 42.5 Å². The van der Waals surface area contributed by atoms with Gasteiger partial charge >= 0.3 is 0 Å². The Morgan fingerprint density at radius 3 is 2.41 bits per heavy atom. The fourth-order valence-electron chi connectivity index (χ4n) is 3.67. The van der Waals surface area contributed by atoms with Crippen molar-refractivity contribution in [1.82, 2.24) is 15.5 Å². The maximum absolute atomic E-state index is 12.2. The molecule has 0 bridgehead atoms. The summed E-state index contributed by atoms with van der Waals surface area (Å²) >= 11 is 0. The molecule has 0 aromatic heterocycles. The van der Waals surface area contributed by atoms with Gasteiger partial charge in [0, 0.05) is 43.7 Å². The van der Waals surface area contributed by atoms with Crippen LogP contribution < -0.4 is 10.6 Å². The van der Waals surface area contributed by atoms with Crippen LogP contribution in [0.2, 0.25) is 0 Å². The van der Waals surface area contributed by atoms with Gasteiger partial charge in [0.05, 0.1) is 0 Å². The van der Waals surface area contributed by atoms with Crippen molar-refractivity contribution in [2.45, 2.75) is 45.2 Å². The Kier molecular flexibility index (Phi) is 7.04. The molecule has 2 amide bonds. The Balaban J connectivity index is 1.37. The van der Waals surface area contributed by atoms with Crippen LogP contribution in [0.25, 0.3) is 0 Å². The third-order valence-electron chi connectivity index (χ3n) is 5.61. The molecule has 3 rings (SSSR count). The van der Waals surface area contributed by atoms with Crippen molar-refractivity contribution in [1.29, 1.82) is 0 Å². The minimum Gasteiger partial charge on any atom is -0.354 e. The molecule has 0 saturated heterocycles. The second-order valence-corrected chi connectivity index (χ2v) is 8.25. The van der Waals surface area contributed by atoms with Gasteiger partial charge < -0.3 is 10.6 Å². The van der Waals surface area contributed by atoms with Gasteiger partial charge in [0.25, 0.3) is 5.91 Å². The Hall–Kier alpha value is -2.66. The average Bonchev–Trinajstić information content (AvgIpc) is 2.75. The topological polar surface area (TPSA) is 61.4 Å². The van der Waals surface area contributed by atoms with Gasteiger partial charge in [-0.25, -0.2) is 0 Å². The van der Waals surface area contributed by atoms with Crippen LogP contribution in [0.15, 0.2) is 54.6 Å². The number of fused-ring (bicyclic) bond motifs is 1. The van der Waals surface area contributed by atoms with E-state index in [9.17, 15) is 9.59 Å². The first-order valence-electron chi connectivity index (χ1n) is 10.4. The molecule has 5 heteroatoms. The second-order valence-electron chi connectivity index (χ2n) is 8.25. The van der Waals surface area contributed by atoms with Gasteiger partial charge in [-0.05, 0) is 49.9 Å². The average molecular weight is 394 g/mol. The highest BCUT2D eigenvalue weighted by molar-refractivity contribution is 5.94. The number of carbonyl (C=O) groups is 2. The van der Waals surface area contributed by atoms with E-state index in [1.165, 1.54) is 11.1 Å². The quantitative estimate of drug-likeness (QED) is 0.678. The van der Waals surface area contributed by atoms with Gasteiger partial charge in [-0.2, -0.15) is 0 Å². The zero-order valence-corrected chi connectivity index (χ0v) is 17.4. The molecule has 0 spiro atoms. The van der Waals surface area contributed by atoms with Crippen molar-refractivity contribution in [3.8, 4) is 0 Å². The van der Waals surface area contributed by atoms with Crippen molar-refractivity contribution in [2.24, 2.45) is 0 Å². The molecule has 29 heavy (non-hydrogen) atoms. The Bertz CT molecular complexity index is 833. The lowest BCUT2D eigenvalue weighted by atomic mass is 9.94. The fourth-order valence-corrected chi connectivity index (χ4v) is 3.67. The molecule has 0 fully saturated rings. The number of carbonyl (C=O) groups excluding carboxylic acids is 2. The lowest BCUT2D eigenvalue weighted by Crippen LogP contribution is -2.53. The number of benzene rings is 2. The third kappa shape index (κ3) is 5.91. The summed E-state index contributed by atoms with van der Waals surface area (Å²) in [5, 5.41) is 5.93. The first kappa shape index (κ1) is 21.1. The number of nitrogens with zero attached hydrogens (tertiary/aromatic N) is 1. The lowest BCUT2D eigenvalue weighted by molar-refractivity contribution is -0.121. The van der Waals surface area contributed by atoms with E-state index in [1.807, 2.05) is 18.2 Å². The maximum Gasteiger partial charge on any atom is 0.251 e. The molecule has 2 aromatic rings. The Morgan fingerprint density at radius 2 is 1.66 bits per heavy atom. The normalized spacial score (nSPS) is 14.1. The summed E-state index contributed by atoms with van der Waals surface area (Å²) in [5.41, 5.74) is 3.35. The fraction of sp³-hybridized carbons (Fsp3) is 0.417. The highest BCUT2D eigenvalue weighted by atomic mass is 16.2. The minimum atomic E-state index is -0.106. The molecule has 2 aromatic carbocycles. The molecular weight excluding hydrogens is 362 g/mol. The number of amides is 2. The molecule has 0 aliphatic carbocycles. The van der Waals surface area contributed by atoms with E-state index in [0.717, 1.165) is 19.5 Å². The largest absolute Gasteiger partial charge is 0.354 e. The van der Waals surface area contributed by atoms with Gasteiger partial charge in [0.2, 0.25) is 5.91 Å². The number of rotatable bonds is 8. The molecule has 0 radical (unpaired) electrons. The van der Waals surface area contributed by atoms with Crippen molar-refractivity contribution in [3.05, 3.63) is 71.3 Å². The second kappa shape index (κ2) is 9.70. The zero-order valence-electron chi connectivity index (χ0n) is 17.4. The van der Waals surface area contributed by atoms with E-state index < -0.39 is 0 Å². The van der Waals surface area contributed by atoms with Crippen molar-refractivity contribution in [2.75, 3.05) is 19.6 Å². The van der Waals surface area contributed by atoms with Gasteiger partial charge in [-0.3, -0.25) is 14.5 Å².